The van der Waals surface area contributed by atoms with E-state index in [9.17, 15) is 12.8 Å². The topological polar surface area (TPSA) is 76.3 Å². The van der Waals surface area contributed by atoms with E-state index in [1.807, 2.05) is 17.8 Å². The molecular formula is C26H29FN6O2S. The number of anilines is 1. The smallest absolute Gasteiger partial charge is 0.246 e. The molecule has 2 aromatic carbocycles. The largest absolute Gasteiger partial charge is 0.368 e. The maximum atomic E-state index is 13.5. The number of hydrogen-bond acceptors (Lipinski definition) is 5. The van der Waals surface area contributed by atoms with Crippen LogP contribution >= 0.6 is 0 Å². The van der Waals surface area contributed by atoms with E-state index in [0.717, 1.165) is 47.1 Å². The van der Waals surface area contributed by atoms with Gasteiger partial charge in [0.15, 0.2) is 0 Å². The summed E-state index contributed by atoms with van der Waals surface area (Å²) in [6, 6.07) is 10.4. The summed E-state index contributed by atoms with van der Waals surface area (Å²) in [6.07, 6.45) is 7.57. The standard InChI is InChI=1S/C26H29FN6O2S/c1-3-10-31-17-24(14-28-31)36(34,35)33-22-8-9-23(33)16-30(15-22)25-12-19-13-29-32(26(19)11-18(25)2)21-6-4-20(27)5-7-21/h4-7,11-14,17,22-23H,3,8-10,15-16H2,1-2H3. The van der Waals surface area contributed by atoms with Crippen LogP contribution in [0.5, 0.6) is 0 Å². The molecule has 10 heteroatoms. The number of nitrogens with zero attached hydrogens (tertiary/aromatic N) is 6. The van der Waals surface area contributed by atoms with E-state index in [4.69, 9.17) is 0 Å². The van der Waals surface area contributed by atoms with Gasteiger partial charge in [-0.3, -0.25) is 4.68 Å². The molecule has 36 heavy (non-hydrogen) atoms. The fourth-order valence-corrected chi connectivity index (χ4v) is 7.51. The molecule has 2 saturated heterocycles. The first-order chi connectivity index (χ1) is 17.3. The summed E-state index contributed by atoms with van der Waals surface area (Å²) in [7, 11) is -3.59. The second-order valence-electron chi connectivity index (χ2n) is 9.79. The average molecular weight is 509 g/mol. The van der Waals surface area contributed by atoms with Crippen LogP contribution in [0.1, 0.15) is 31.7 Å². The van der Waals surface area contributed by atoms with E-state index in [-0.39, 0.29) is 22.8 Å². The maximum absolute atomic E-state index is 13.5. The fourth-order valence-electron chi connectivity index (χ4n) is 5.70. The molecule has 2 unspecified atom stereocenters. The summed E-state index contributed by atoms with van der Waals surface area (Å²) < 4.78 is 45.7. The van der Waals surface area contributed by atoms with Crippen molar-refractivity contribution < 1.29 is 12.8 Å². The molecule has 0 spiro atoms. The number of aromatic nitrogens is 4. The van der Waals surface area contributed by atoms with Crippen LogP contribution in [-0.4, -0.2) is 57.5 Å². The van der Waals surface area contributed by atoms with Crippen molar-refractivity contribution in [3.8, 4) is 5.69 Å². The van der Waals surface area contributed by atoms with Crippen LogP contribution in [-0.2, 0) is 16.6 Å². The first-order valence-corrected chi connectivity index (χ1v) is 13.8. The molecule has 188 valence electrons. The third-order valence-corrected chi connectivity index (χ3v) is 9.31. The zero-order valence-corrected chi connectivity index (χ0v) is 21.2. The molecule has 2 aromatic heterocycles. The molecular weight excluding hydrogens is 479 g/mol. The molecule has 2 fully saturated rings. The third-order valence-electron chi connectivity index (χ3n) is 7.35. The molecule has 0 N–H and O–H groups in total. The first kappa shape index (κ1) is 23.2. The Hall–Kier alpha value is -3.24. The van der Waals surface area contributed by atoms with Gasteiger partial charge in [-0.1, -0.05) is 6.92 Å². The lowest BCUT2D eigenvalue weighted by Crippen LogP contribution is -2.55. The molecule has 0 aliphatic carbocycles. The minimum absolute atomic E-state index is 0.0692. The van der Waals surface area contributed by atoms with Crippen LogP contribution in [0, 0.1) is 12.7 Å². The maximum Gasteiger partial charge on any atom is 0.246 e. The van der Waals surface area contributed by atoms with Gasteiger partial charge in [-0.2, -0.15) is 14.5 Å². The highest BCUT2D eigenvalue weighted by Gasteiger charge is 2.47. The molecule has 4 aromatic rings. The highest BCUT2D eigenvalue weighted by Crippen LogP contribution is 2.38. The van der Waals surface area contributed by atoms with Crippen LogP contribution in [0.4, 0.5) is 10.1 Å². The lowest BCUT2D eigenvalue weighted by atomic mass is 10.1. The number of piperazine rings is 1. The van der Waals surface area contributed by atoms with E-state index in [1.54, 1.807) is 27.3 Å². The van der Waals surface area contributed by atoms with Gasteiger partial charge in [-0.05, 0) is 68.1 Å². The van der Waals surface area contributed by atoms with Crippen LogP contribution < -0.4 is 4.90 Å². The quantitative estimate of drug-likeness (QED) is 0.392. The highest BCUT2D eigenvalue weighted by molar-refractivity contribution is 7.89. The van der Waals surface area contributed by atoms with Gasteiger partial charge in [0.2, 0.25) is 10.0 Å². The molecule has 2 aliphatic heterocycles. The lowest BCUT2D eigenvalue weighted by molar-refractivity contribution is 0.286. The van der Waals surface area contributed by atoms with Crippen molar-refractivity contribution in [1.82, 2.24) is 23.9 Å². The van der Waals surface area contributed by atoms with E-state index in [0.29, 0.717) is 19.6 Å². The number of rotatable bonds is 6. The Labute approximate surface area is 210 Å². The Kier molecular flexibility index (Phi) is 5.60. The first-order valence-electron chi connectivity index (χ1n) is 12.4. The van der Waals surface area contributed by atoms with Gasteiger partial charge in [-0.25, -0.2) is 17.5 Å². The normalized spacial score (nSPS) is 20.5. The number of benzene rings is 2. The van der Waals surface area contributed by atoms with Crippen molar-refractivity contribution in [3.05, 3.63) is 66.4 Å². The minimum atomic E-state index is -3.59. The number of sulfonamides is 1. The van der Waals surface area contributed by atoms with E-state index >= 15 is 0 Å². The molecule has 0 radical (unpaired) electrons. The fraction of sp³-hybridized carbons (Fsp3) is 0.385. The van der Waals surface area contributed by atoms with Gasteiger partial charge in [0.05, 0.1) is 23.6 Å². The predicted molar refractivity (Wildman–Crippen MR) is 136 cm³/mol. The Morgan fingerprint density at radius 3 is 2.44 bits per heavy atom. The monoisotopic (exact) mass is 508 g/mol. The Morgan fingerprint density at radius 2 is 1.75 bits per heavy atom. The van der Waals surface area contributed by atoms with Crippen LogP contribution in [0.3, 0.4) is 0 Å². The van der Waals surface area contributed by atoms with E-state index < -0.39 is 10.0 Å². The molecule has 6 rings (SSSR count). The zero-order valence-electron chi connectivity index (χ0n) is 20.4. The number of aryl methyl sites for hydroxylation is 2. The van der Waals surface area contributed by atoms with Crippen LogP contribution in [0.15, 0.2) is 59.9 Å². The van der Waals surface area contributed by atoms with Crippen molar-refractivity contribution in [1.29, 1.82) is 0 Å². The van der Waals surface area contributed by atoms with Crippen molar-refractivity contribution in [3.63, 3.8) is 0 Å². The minimum Gasteiger partial charge on any atom is -0.368 e. The van der Waals surface area contributed by atoms with Gasteiger partial charge in [0.1, 0.15) is 10.7 Å². The predicted octanol–water partition coefficient (Wildman–Crippen LogP) is 4.12. The van der Waals surface area contributed by atoms with Gasteiger partial charge in [-0.15, -0.1) is 0 Å². The van der Waals surface area contributed by atoms with Crippen molar-refractivity contribution in [2.24, 2.45) is 0 Å². The van der Waals surface area contributed by atoms with Gasteiger partial charge in [0.25, 0.3) is 0 Å². The summed E-state index contributed by atoms with van der Waals surface area (Å²) >= 11 is 0. The van der Waals surface area contributed by atoms with Gasteiger partial charge in [0, 0.05) is 49.0 Å². The summed E-state index contributed by atoms with van der Waals surface area (Å²) in [5.74, 6) is -0.278. The Morgan fingerprint density at radius 1 is 1.03 bits per heavy atom. The number of halogens is 1. The van der Waals surface area contributed by atoms with Crippen molar-refractivity contribution in [2.75, 3.05) is 18.0 Å². The molecule has 2 atom stereocenters. The van der Waals surface area contributed by atoms with Crippen LogP contribution in [0.25, 0.3) is 16.6 Å². The summed E-state index contributed by atoms with van der Waals surface area (Å²) in [5.41, 5.74) is 3.96. The van der Waals surface area contributed by atoms with Gasteiger partial charge >= 0.3 is 0 Å². The van der Waals surface area contributed by atoms with E-state index in [2.05, 4.69) is 34.2 Å². The third kappa shape index (κ3) is 3.79. The molecule has 2 aliphatic rings. The SMILES string of the molecule is CCCn1cc(S(=O)(=O)N2C3CCC2CN(c2cc4cnn(-c5ccc(F)cc5)c4cc2C)C3)cn1. The number of fused-ring (bicyclic) bond motifs is 3. The lowest BCUT2D eigenvalue weighted by Gasteiger charge is -2.41. The average Bonchev–Trinajstić information content (AvgIpc) is 3.56. The van der Waals surface area contributed by atoms with Crippen molar-refractivity contribution in [2.45, 2.75) is 56.6 Å². The number of hydrogen-bond donors (Lipinski definition) is 0. The van der Waals surface area contributed by atoms with E-state index in [1.165, 1.54) is 18.3 Å². The second kappa shape index (κ2) is 8.70. The molecule has 0 amide bonds. The van der Waals surface area contributed by atoms with Crippen LogP contribution in [0.2, 0.25) is 0 Å². The highest BCUT2D eigenvalue weighted by atomic mass is 32.2. The summed E-state index contributed by atoms with van der Waals surface area (Å²) in [4.78, 5) is 2.60. The molecule has 2 bridgehead atoms. The molecule has 0 saturated carbocycles. The molecule has 4 heterocycles. The van der Waals surface area contributed by atoms with Gasteiger partial charge < -0.3 is 4.90 Å². The van der Waals surface area contributed by atoms with Crippen molar-refractivity contribution >= 4 is 26.6 Å². The molecule has 8 nitrogen and oxygen atoms in total. The Balaban J connectivity index is 1.28. The Bertz CT molecular complexity index is 1510. The summed E-state index contributed by atoms with van der Waals surface area (Å²) in [5, 5.41) is 9.77. The second-order valence-corrected chi connectivity index (χ2v) is 11.6. The summed E-state index contributed by atoms with van der Waals surface area (Å²) in [6.45, 7) is 6.12. The zero-order chi connectivity index (χ0) is 25.0.